The number of nitrogens with zero attached hydrogens (tertiary/aromatic N) is 4. The molecule has 0 amide bonds. The van der Waals surface area contributed by atoms with E-state index in [-0.39, 0.29) is 11.9 Å². The topological polar surface area (TPSA) is 90.9 Å². The molecule has 1 aliphatic heterocycles. The minimum absolute atomic E-state index is 0.133. The maximum Gasteiger partial charge on any atom is 0.225 e. The number of nitrogen functional groups attached to an aromatic ring is 1. The van der Waals surface area contributed by atoms with Gasteiger partial charge in [-0.3, -0.25) is 0 Å². The maximum atomic E-state index is 13.8. The summed E-state index contributed by atoms with van der Waals surface area (Å²) in [5.74, 6) is 0.382. The first-order valence-electron chi connectivity index (χ1n) is 10.0. The summed E-state index contributed by atoms with van der Waals surface area (Å²) in [7, 11) is 0. The van der Waals surface area contributed by atoms with E-state index in [1.807, 2.05) is 12.1 Å². The smallest absolute Gasteiger partial charge is 0.225 e. The number of hydrogen-bond acceptors (Lipinski definition) is 6. The van der Waals surface area contributed by atoms with Gasteiger partial charge in [-0.15, -0.1) is 5.10 Å². The molecular weight excluding hydrogens is 419 g/mol. The normalized spacial score (nSPS) is 16.1. The van der Waals surface area contributed by atoms with E-state index in [2.05, 4.69) is 15.4 Å². The number of aromatic nitrogens is 4. The molecule has 2 aromatic heterocycles. The van der Waals surface area contributed by atoms with E-state index in [0.717, 1.165) is 25.0 Å². The average molecular weight is 439 g/mol. The van der Waals surface area contributed by atoms with E-state index in [1.165, 1.54) is 16.8 Å². The summed E-state index contributed by atoms with van der Waals surface area (Å²) in [4.78, 5) is 9.28. The number of ether oxygens (including phenoxy) is 1. The highest BCUT2D eigenvalue weighted by molar-refractivity contribution is 6.30. The van der Waals surface area contributed by atoms with E-state index < -0.39 is 0 Å². The second kappa shape index (κ2) is 8.13. The standard InChI is InChI=1S/C22H20ClFN6O/c23-14-8-6-13(7-9-14)19-18-20(25)30(16-4-1-3-15(24)11-16)29-21(18)28-22(27-19)26-12-17-5-2-10-31-17/h1,3-4,6-9,11,17H,2,5,10,12,25H2,(H,26,28,29)/t17-/m1/s1. The minimum atomic E-state index is -0.376. The second-order valence-electron chi connectivity index (χ2n) is 7.39. The molecule has 0 unspecified atom stereocenters. The molecule has 1 atom stereocenters. The van der Waals surface area contributed by atoms with E-state index in [1.54, 1.807) is 24.3 Å². The maximum absolute atomic E-state index is 13.8. The van der Waals surface area contributed by atoms with Crippen molar-refractivity contribution in [2.75, 3.05) is 24.2 Å². The summed E-state index contributed by atoms with van der Waals surface area (Å²) in [6.45, 7) is 1.38. The number of fused-ring (bicyclic) bond motifs is 1. The van der Waals surface area contributed by atoms with E-state index in [4.69, 9.17) is 27.1 Å². The van der Waals surface area contributed by atoms with Crippen LogP contribution in [0.15, 0.2) is 48.5 Å². The Labute approximate surface area is 183 Å². The van der Waals surface area contributed by atoms with Crippen molar-refractivity contribution < 1.29 is 9.13 Å². The lowest BCUT2D eigenvalue weighted by molar-refractivity contribution is 0.120. The van der Waals surface area contributed by atoms with Crippen molar-refractivity contribution in [1.29, 1.82) is 0 Å². The largest absolute Gasteiger partial charge is 0.383 e. The minimum Gasteiger partial charge on any atom is -0.383 e. The van der Waals surface area contributed by atoms with Crippen LogP contribution in [-0.2, 0) is 4.74 Å². The Morgan fingerprint density at radius 2 is 2.03 bits per heavy atom. The van der Waals surface area contributed by atoms with Crippen molar-refractivity contribution in [2.45, 2.75) is 18.9 Å². The van der Waals surface area contributed by atoms with Gasteiger partial charge < -0.3 is 15.8 Å². The van der Waals surface area contributed by atoms with Crippen molar-refractivity contribution in [3.63, 3.8) is 0 Å². The van der Waals surface area contributed by atoms with Gasteiger partial charge >= 0.3 is 0 Å². The highest BCUT2D eigenvalue weighted by Crippen LogP contribution is 2.33. The van der Waals surface area contributed by atoms with E-state index >= 15 is 0 Å². The average Bonchev–Trinajstić information content (AvgIpc) is 3.40. The molecule has 0 aliphatic carbocycles. The predicted octanol–water partition coefficient (Wildman–Crippen LogP) is 4.45. The summed E-state index contributed by atoms with van der Waals surface area (Å²) in [5, 5.41) is 9.01. The number of hydrogen-bond donors (Lipinski definition) is 2. The van der Waals surface area contributed by atoms with Crippen molar-refractivity contribution in [3.05, 3.63) is 59.4 Å². The van der Waals surface area contributed by atoms with Crippen LogP contribution in [0.4, 0.5) is 16.2 Å². The third kappa shape index (κ3) is 3.92. The van der Waals surface area contributed by atoms with Crippen LogP contribution in [0.1, 0.15) is 12.8 Å². The molecule has 3 N–H and O–H groups in total. The van der Waals surface area contributed by atoms with Gasteiger partial charge in [0.2, 0.25) is 5.95 Å². The van der Waals surface area contributed by atoms with Crippen LogP contribution in [0.2, 0.25) is 5.02 Å². The lowest BCUT2D eigenvalue weighted by Gasteiger charge is -2.12. The van der Waals surface area contributed by atoms with Gasteiger partial charge in [0.25, 0.3) is 0 Å². The molecule has 0 bridgehead atoms. The van der Waals surface area contributed by atoms with Crippen LogP contribution in [0, 0.1) is 5.82 Å². The number of nitrogens with two attached hydrogens (primary N) is 1. The molecule has 1 saturated heterocycles. The number of nitrogens with one attached hydrogen (secondary N) is 1. The van der Waals surface area contributed by atoms with Crippen molar-refractivity contribution in [3.8, 4) is 16.9 Å². The predicted molar refractivity (Wildman–Crippen MR) is 119 cm³/mol. The second-order valence-corrected chi connectivity index (χ2v) is 7.83. The van der Waals surface area contributed by atoms with E-state index in [9.17, 15) is 4.39 Å². The molecule has 0 radical (unpaired) electrons. The first-order chi connectivity index (χ1) is 15.1. The molecule has 1 fully saturated rings. The molecular formula is C22H20ClFN6O. The van der Waals surface area contributed by atoms with Gasteiger partial charge in [-0.25, -0.2) is 14.1 Å². The number of halogens is 2. The molecule has 2 aromatic carbocycles. The lowest BCUT2D eigenvalue weighted by atomic mass is 10.1. The quantitative estimate of drug-likeness (QED) is 0.478. The summed E-state index contributed by atoms with van der Waals surface area (Å²) in [6, 6.07) is 13.4. The molecule has 9 heteroatoms. The lowest BCUT2D eigenvalue weighted by Crippen LogP contribution is -2.19. The van der Waals surface area contributed by atoms with Crippen molar-refractivity contribution >= 4 is 34.4 Å². The van der Waals surface area contributed by atoms with Crippen LogP contribution in [0.5, 0.6) is 0 Å². The molecule has 1 aliphatic rings. The first-order valence-corrected chi connectivity index (χ1v) is 10.4. The van der Waals surface area contributed by atoms with Gasteiger partial charge in [0.15, 0.2) is 5.65 Å². The van der Waals surface area contributed by atoms with Crippen molar-refractivity contribution in [2.24, 2.45) is 0 Å². The SMILES string of the molecule is Nc1c2c(-c3ccc(Cl)cc3)nc(NC[C@H]3CCCO3)nc2nn1-c1cccc(F)c1. The zero-order valence-corrected chi connectivity index (χ0v) is 17.3. The fourth-order valence-electron chi connectivity index (χ4n) is 3.72. The van der Waals surface area contributed by atoms with Crippen LogP contribution in [0.3, 0.4) is 0 Å². The van der Waals surface area contributed by atoms with Crippen molar-refractivity contribution in [1.82, 2.24) is 19.7 Å². The summed E-state index contributed by atoms with van der Waals surface area (Å²) < 4.78 is 20.9. The van der Waals surface area contributed by atoms with Gasteiger partial charge in [-0.1, -0.05) is 29.8 Å². The molecule has 3 heterocycles. The zero-order valence-electron chi connectivity index (χ0n) is 16.6. The van der Waals surface area contributed by atoms with Gasteiger partial charge in [0.05, 0.1) is 22.9 Å². The highest BCUT2D eigenvalue weighted by atomic mass is 35.5. The van der Waals surface area contributed by atoms with Crippen LogP contribution >= 0.6 is 11.6 Å². The van der Waals surface area contributed by atoms with Gasteiger partial charge in [0.1, 0.15) is 11.6 Å². The molecule has 158 valence electrons. The highest BCUT2D eigenvalue weighted by Gasteiger charge is 2.21. The molecule has 5 rings (SSSR count). The monoisotopic (exact) mass is 438 g/mol. The Balaban J connectivity index is 1.63. The molecule has 4 aromatic rings. The molecule has 7 nitrogen and oxygen atoms in total. The van der Waals surface area contributed by atoms with Gasteiger partial charge in [-0.2, -0.15) is 4.98 Å². The Kier molecular flexibility index (Phi) is 5.17. The third-order valence-corrected chi connectivity index (χ3v) is 5.50. The Bertz CT molecular complexity index is 1240. The Morgan fingerprint density at radius 3 is 2.77 bits per heavy atom. The van der Waals surface area contributed by atoms with Gasteiger partial charge in [0, 0.05) is 23.7 Å². The Morgan fingerprint density at radius 1 is 1.19 bits per heavy atom. The number of anilines is 2. The Hall–Kier alpha value is -3.23. The zero-order chi connectivity index (χ0) is 21.4. The fraction of sp³-hybridized carbons (Fsp3) is 0.227. The number of rotatable bonds is 5. The molecule has 31 heavy (non-hydrogen) atoms. The van der Waals surface area contributed by atoms with E-state index in [0.29, 0.717) is 45.7 Å². The third-order valence-electron chi connectivity index (χ3n) is 5.25. The van der Waals surface area contributed by atoms with Crippen LogP contribution in [-0.4, -0.2) is 39.0 Å². The first kappa shape index (κ1) is 19.7. The summed E-state index contributed by atoms with van der Waals surface area (Å²) in [6.07, 6.45) is 2.19. The molecule has 0 spiro atoms. The fourth-order valence-corrected chi connectivity index (χ4v) is 3.85. The van der Waals surface area contributed by atoms with Crippen LogP contribution in [0.25, 0.3) is 28.0 Å². The summed E-state index contributed by atoms with van der Waals surface area (Å²) >= 11 is 6.07. The molecule has 0 saturated carbocycles. The van der Waals surface area contributed by atoms with Crippen LogP contribution < -0.4 is 11.1 Å². The summed E-state index contributed by atoms with van der Waals surface area (Å²) in [5.41, 5.74) is 8.81. The van der Waals surface area contributed by atoms with Gasteiger partial charge in [-0.05, 0) is 43.2 Å². The number of benzene rings is 2.